The molecule has 104 valence electrons. The highest BCUT2D eigenvalue weighted by molar-refractivity contribution is 7.89. The molecule has 19 heavy (non-hydrogen) atoms. The Balaban J connectivity index is 2.24. The van der Waals surface area contributed by atoms with Gasteiger partial charge in [0.05, 0.1) is 4.90 Å². The zero-order chi connectivity index (χ0) is 14.0. The molecule has 0 heterocycles. The summed E-state index contributed by atoms with van der Waals surface area (Å²) >= 11 is 5.82. The van der Waals surface area contributed by atoms with E-state index in [2.05, 4.69) is 5.32 Å². The van der Waals surface area contributed by atoms with Crippen molar-refractivity contribution in [3.8, 4) is 0 Å². The van der Waals surface area contributed by atoms with Crippen LogP contribution in [0.1, 0.15) is 36.0 Å². The lowest BCUT2D eigenvalue weighted by Gasteiger charge is -2.12. The van der Waals surface area contributed by atoms with Gasteiger partial charge in [-0.1, -0.05) is 24.4 Å². The Morgan fingerprint density at radius 1 is 1.26 bits per heavy atom. The summed E-state index contributed by atoms with van der Waals surface area (Å²) < 4.78 is 22.6. The van der Waals surface area contributed by atoms with Gasteiger partial charge in [0.15, 0.2) is 0 Å². The summed E-state index contributed by atoms with van der Waals surface area (Å²) in [6, 6.07) is 4.05. The molecule has 0 aromatic heterocycles. The van der Waals surface area contributed by atoms with Crippen molar-refractivity contribution in [2.45, 2.75) is 36.6 Å². The van der Waals surface area contributed by atoms with E-state index in [1.165, 1.54) is 18.2 Å². The highest BCUT2D eigenvalue weighted by Gasteiger charge is 2.19. The first-order valence-corrected chi connectivity index (χ1v) is 7.93. The summed E-state index contributed by atoms with van der Waals surface area (Å²) in [5.41, 5.74) is 0.212. The molecule has 1 aromatic rings. The number of hydrogen-bond donors (Lipinski definition) is 2. The number of halogens is 1. The summed E-state index contributed by atoms with van der Waals surface area (Å²) in [7, 11) is -3.87. The Hall–Kier alpha value is -1.11. The lowest BCUT2D eigenvalue weighted by Crippen LogP contribution is -2.32. The van der Waals surface area contributed by atoms with E-state index in [4.69, 9.17) is 16.7 Å². The first-order chi connectivity index (χ1) is 8.86. The molecule has 1 aromatic carbocycles. The molecule has 0 unspecified atom stereocenters. The second kappa shape index (κ2) is 5.48. The quantitative estimate of drug-likeness (QED) is 0.890. The van der Waals surface area contributed by atoms with E-state index in [0.29, 0.717) is 0 Å². The summed E-state index contributed by atoms with van der Waals surface area (Å²) in [6.45, 7) is 0. The van der Waals surface area contributed by atoms with Crippen LogP contribution in [-0.4, -0.2) is 20.4 Å². The largest absolute Gasteiger partial charge is 0.349 e. The van der Waals surface area contributed by atoms with Crippen LogP contribution in [-0.2, 0) is 10.0 Å². The van der Waals surface area contributed by atoms with Gasteiger partial charge >= 0.3 is 0 Å². The first kappa shape index (κ1) is 14.3. The first-order valence-electron chi connectivity index (χ1n) is 6.00. The predicted molar refractivity (Wildman–Crippen MR) is 72.5 cm³/mol. The monoisotopic (exact) mass is 302 g/mol. The SMILES string of the molecule is NS(=O)(=O)c1cc(Cl)cc(C(=O)NC2CCCC2)c1. The van der Waals surface area contributed by atoms with Crippen LogP contribution in [0.15, 0.2) is 23.1 Å². The summed E-state index contributed by atoms with van der Waals surface area (Å²) in [6.07, 6.45) is 4.11. The van der Waals surface area contributed by atoms with E-state index < -0.39 is 10.0 Å². The van der Waals surface area contributed by atoms with E-state index in [-0.39, 0.29) is 27.4 Å². The van der Waals surface area contributed by atoms with Crippen molar-refractivity contribution in [3.05, 3.63) is 28.8 Å². The molecule has 1 amide bonds. The molecule has 0 aliphatic heterocycles. The highest BCUT2D eigenvalue weighted by Crippen LogP contribution is 2.21. The van der Waals surface area contributed by atoms with Crippen molar-refractivity contribution in [2.24, 2.45) is 5.14 Å². The molecule has 1 saturated carbocycles. The van der Waals surface area contributed by atoms with Crippen molar-refractivity contribution in [2.75, 3.05) is 0 Å². The van der Waals surface area contributed by atoms with Gasteiger partial charge in [0.1, 0.15) is 0 Å². The number of rotatable bonds is 3. The topological polar surface area (TPSA) is 89.3 Å². The minimum atomic E-state index is -3.87. The second-order valence-corrected chi connectivity index (χ2v) is 6.67. The van der Waals surface area contributed by atoms with E-state index in [1.54, 1.807) is 0 Å². The van der Waals surface area contributed by atoms with Gasteiger partial charge in [-0.05, 0) is 31.0 Å². The Morgan fingerprint density at radius 3 is 2.47 bits per heavy atom. The molecule has 1 fully saturated rings. The smallest absolute Gasteiger partial charge is 0.251 e. The molecule has 0 atom stereocenters. The van der Waals surface area contributed by atoms with Crippen molar-refractivity contribution in [3.63, 3.8) is 0 Å². The minimum absolute atomic E-state index is 0.156. The molecule has 0 bridgehead atoms. The summed E-state index contributed by atoms with van der Waals surface area (Å²) in [4.78, 5) is 11.9. The van der Waals surface area contributed by atoms with Crippen molar-refractivity contribution in [1.29, 1.82) is 0 Å². The zero-order valence-electron chi connectivity index (χ0n) is 10.2. The Bertz CT molecular complexity index is 595. The lowest BCUT2D eigenvalue weighted by molar-refractivity contribution is 0.0937. The fourth-order valence-corrected chi connectivity index (χ4v) is 3.08. The van der Waals surface area contributed by atoms with Crippen LogP contribution in [0.25, 0.3) is 0 Å². The number of primary sulfonamides is 1. The fourth-order valence-electron chi connectivity index (χ4n) is 2.20. The Labute approximate surface area is 117 Å². The van der Waals surface area contributed by atoms with Crippen LogP contribution >= 0.6 is 11.6 Å². The number of benzene rings is 1. The molecule has 1 aliphatic carbocycles. The molecule has 0 saturated heterocycles. The van der Waals surface area contributed by atoms with Crippen LogP contribution in [0, 0.1) is 0 Å². The molecular formula is C12H15ClN2O3S. The molecule has 0 spiro atoms. The third-order valence-electron chi connectivity index (χ3n) is 3.15. The van der Waals surface area contributed by atoms with E-state index in [9.17, 15) is 13.2 Å². The van der Waals surface area contributed by atoms with Crippen LogP contribution in [0.5, 0.6) is 0 Å². The second-order valence-electron chi connectivity index (χ2n) is 4.68. The number of nitrogens with two attached hydrogens (primary N) is 1. The van der Waals surface area contributed by atoms with Gasteiger partial charge in [-0.3, -0.25) is 4.79 Å². The standard InChI is InChI=1S/C12H15ClN2O3S/c13-9-5-8(6-11(7-9)19(14,17)18)12(16)15-10-3-1-2-4-10/h5-7,10H,1-4H2,(H,15,16)(H2,14,17,18). The number of nitrogens with one attached hydrogen (secondary N) is 1. The third-order valence-corrected chi connectivity index (χ3v) is 4.26. The summed E-state index contributed by atoms with van der Waals surface area (Å²) in [5.74, 6) is -0.320. The molecule has 1 aliphatic rings. The molecular weight excluding hydrogens is 288 g/mol. The maximum atomic E-state index is 12.0. The van der Waals surface area contributed by atoms with Crippen molar-refractivity contribution < 1.29 is 13.2 Å². The average Bonchev–Trinajstić information content (AvgIpc) is 2.79. The number of carbonyl (C=O) groups excluding carboxylic acids is 1. The molecule has 2 rings (SSSR count). The van der Waals surface area contributed by atoms with Gasteiger partial charge in [0.25, 0.3) is 5.91 Å². The van der Waals surface area contributed by atoms with Crippen LogP contribution in [0.2, 0.25) is 5.02 Å². The third kappa shape index (κ3) is 3.68. The number of sulfonamides is 1. The Kier molecular flexibility index (Phi) is 4.13. The Morgan fingerprint density at radius 2 is 1.89 bits per heavy atom. The van der Waals surface area contributed by atoms with Crippen LogP contribution in [0.3, 0.4) is 0 Å². The average molecular weight is 303 g/mol. The zero-order valence-corrected chi connectivity index (χ0v) is 11.8. The summed E-state index contributed by atoms with van der Waals surface area (Å²) in [5, 5.41) is 8.08. The maximum Gasteiger partial charge on any atom is 0.251 e. The lowest BCUT2D eigenvalue weighted by atomic mass is 10.2. The molecule has 5 nitrogen and oxygen atoms in total. The van der Waals surface area contributed by atoms with Crippen molar-refractivity contribution >= 4 is 27.5 Å². The van der Waals surface area contributed by atoms with E-state index >= 15 is 0 Å². The fraction of sp³-hybridized carbons (Fsp3) is 0.417. The molecule has 3 N–H and O–H groups in total. The van der Waals surface area contributed by atoms with E-state index in [0.717, 1.165) is 25.7 Å². The minimum Gasteiger partial charge on any atom is -0.349 e. The van der Waals surface area contributed by atoms with E-state index in [1.807, 2.05) is 0 Å². The normalized spacial score (nSPS) is 16.5. The van der Waals surface area contributed by atoms with Crippen molar-refractivity contribution in [1.82, 2.24) is 5.32 Å². The van der Waals surface area contributed by atoms with Gasteiger partial charge in [-0.2, -0.15) is 0 Å². The number of amides is 1. The van der Waals surface area contributed by atoms with Gasteiger partial charge in [0.2, 0.25) is 10.0 Å². The van der Waals surface area contributed by atoms with Crippen LogP contribution < -0.4 is 10.5 Å². The highest BCUT2D eigenvalue weighted by atomic mass is 35.5. The van der Waals surface area contributed by atoms with Gasteiger partial charge < -0.3 is 5.32 Å². The van der Waals surface area contributed by atoms with Gasteiger partial charge in [-0.15, -0.1) is 0 Å². The van der Waals surface area contributed by atoms with Gasteiger partial charge in [0, 0.05) is 16.6 Å². The predicted octanol–water partition coefficient (Wildman–Crippen LogP) is 1.66. The van der Waals surface area contributed by atoms with Crippen LogP contribution in [0.4, 0.5) is 0 Å². The molecule has 0 radical (unpaired) electrons. The maximum absolute atomic E-state index is 12.0. The number of hydrogen-bond acceptors (Lipinski definition) is 3. The van der Waals surface area contributed by atoms with Gasteiger partial charge in [-0.25, -0.2) is 13.6 Å². The number of carbonyl (C=O) groups is 1. The molecule has 7 heteroatoms.